The van der Waals surface area contributed by atoms with Gasteiger partial charge in [-0.2, -0.15) is 0 Å². The number of rotatable bonds is 3. The highest BCUT2D eigenvalue weighted by atomic mass is 19.3. The van der Waals surface area contributed by atoms with Crippen molar-refractivity contribution >= 4 is 5.97 Å². The molecular weight excluding hydrogens is 190 g/mol. The maximum atomic E-state index is 12.7. The molecule has 0 aliphatic heterocycles. The first-order chi connectivity index (χ1) is 6.39. The van der Waals surface area contributed by atoms with Crippen molar-refractivity contribution in [3.63, 3.8) is 0 Å². The van der Waals surface area contributed by atoms with Gasteiger partial charge in [-0.3, -0.25) is 4.79 Å². The van der Waals surface area contributed by atoms with E-state index < -0.39 is 11.9 Å². The number of alkyl halides is 2. The molecule has 0 aliphatic rings. The topological polar surface area (TPSA) is 37.3 Å². The summed E-state index contributed by atoms with van der Waals surface area (Å²) in [5, 5.41) is 8.45. The highest BCUT2D eigenvalue weighted by Crippen LogP contribution is 2.26. The fourth-order valence-corrected chi connectivity index (χ4v) is 1.09. The second-order valence-corrected chi connectivity index (χ2v) is 3.16. The molecule has 14 heavy (non-hydrogen) atoms. The lowest BCUT2D eigenvalue weighted by atomic mass is 10.1. The van der Waals surface area contributed by atoms with Gasteiger partial charge < -0.3 is 5.11 Å². The van der Waals surface area contributed by atoms with Crippen LogP contribution >= 0.6 is 0 Å². The second-order valence-electron chi connectivity index (χ2n) is 3.16. The molecule has 0 atom stereocenters. The lowest BCUT2D eigenvalue weighted by molar-refractivity contribution is -0.136. The van der Waals surface area contributed by atoms with Gasteiger partial charge in [-0.05, 0) is 5.56 Å². The van der Waals surface area contributed by atoms with Crippen LogP contribution in [0, 0.1) is 0 Å². The predicted molar refractivity (Wildman–Crippen MR) is 47.3 cm³/mol. The molecule has 0 unspecified atom stereocenters. The van der Waals surface area contributed by atoms with E-state index >= 15 is 0 Å². The molecule has 0 amide bonds. The van der Waals surface area contributed by atoms with E-state index in [9.17, 15) is 13.6 Å². The predicted octanol–water partition coefficient (Wildman–Crippen LogP) is 2.43. The Morgan fingerprint density at radius 3 is 2.21 bits per heavy atom. The lowest BCUT2D eigenvalue weighted by Crippen LogP contribution is -2.07. The molecule has 0 saturated carbocycles. The Morgan fingerprint density at radius 2 is 1.86 bits per heavy atom. The minimum atomic E-state index is -2.87. The van der Waals surface area contributed by atoms with Crippen molar-refractivity contribution in [2.75, 3.05) is 0 Å². The molecule has 0 spiro atoms. The first-order valence-corrected chi connectivity index (χ1v) is 4.08. The Hall–Kier alpha value is -1.45. The zero-order chi connectivity index (χ0) is 10.8. The maximum Gasteiger partial charge on any atom is 0.307 e. The Balaban J connectivity index is 2.84. The van der Waals surface area contributed by atoms with Crippen LogP contribution in [0.15, 0.2) is 24.3 Å². The molecule has 0 saturated heterocycles. The van der Waals surface area contributed by atoms with E-state index in [2.05, 4.69) is 0 Å². The standard InChI is InChI=1S/C10H10F2O2/c1-10(11,12)8-4-2-7(3-5-8)6-9(13)14/h2-5H,6H2,1H3,(H,13,14). The van der Waals surface area contributed by atoms with Gasteiger partial charge in [-0.15, -0.1) is 0 Å². The maximum absolute atomic E-state index is 12.7. The molecule has 0 radical (unpaired) electrons. The van der Waals surface area contributed by atoms with Crippen LogP contribution in [-0.2, 0) is 17.1 Å². The molecule has 76 valence electrons. The van der Waals surface area contributed by atoms with Crippen molar-refractivity contribution in [2.24, 2.45) is 0 Å². The largest absolute Gasteiger partial charge is 0.481 e. The fourth-order valence-electron chi connectivity index (χ4n) is 1.09. The van der Waals surface area contributed by atoms with Crippen LogP contribution in [0.2, 0.25) is 0 Å². The SMILES string of the molecule is CC(F)(F)c1ccc(CC(=O)O)cc1. The second kappa shape index (κ2) is 3.74. The summed E-state index contributed by atoms with van der Waals surface area (Å²) in [7, 11) is 0. The number of aliphatic carboxylic acids is 1. The lowest BCUT2D eigenvalue weighted by Gasteiger charge is -2.10. The highest BCUT2D eigenvalue weighted by Gasteiger charge is 2.23. The van der Waals surface area contributed by atoms with E-state index in [0.29, 0.717) is 5.56 Å². The summed E-state index contributed by atoms with van der Waals surface area (Å²) >= 11 is 0. The Bertz CT molecular complexity index is 325. The third kappa shape index (κ3) is 2.80. The average molecular weight is 200 g/mol. The van der Waals surface area contributed by atoms with Gasteiger partial charge in [0.15, 0.2) is 0 Å². The van der Waals surface area contributed by atoms with Gasteiger partial charge in [-0.25, -0.2) is 8.78 Å². The van der Waals surface area contributed by atoms with Crippen molar-refractivity contribution in [3.8, 4) is 0 Å². The molecule has 1 aromatic rings. The van der Waals surface area contributed by atoms with Crippen LogP contribution in [0.3, 0.4) is 0 Å². The fraction of sp³-hybridized carbons (Fsp3) is 0.300. The molecule has 0 aliphatic carbocycles. The van der Waals surface area contributed by atoms with Gasteiger partial charge in [-0.1, -0.05) is 24.3 Å². The highest BCUT2D eigenvalue weighted by molar-refractivity contribution is 5.70. The first-order valence-electron chi connectivity index (χ1n) is 4.08. The van der Waals surface area contributed by atoms with Gasteiger partial charge in [0.2, 0.25) is 0 Å². The third-order valence-electron chi connectivity index (χ3n) is 1.82. The van der Waals surface area contributed by atoms with E-state index in [1.807, 2.05) is 0 Å². The summed E-state index contributed by atoms with van der Waals surface area (Å²) in [6.07, 6.45) is -0.143. The van der Waals surface area contributed by atoms with Gasteiger partial charge in [0.05, 0.1) is 6.42 Å². The van der Waals surface area contributed by atoms with E-state index in [1.54, 1.807) is 0 Å². The third-order valence-corrected chi connectivity index (χ3v) is 1.82. The molecule has 1 N–H and O–H groups in total. The number of halogens is 2. The number of hydrogen-bond acceptors (Lipinski definition) is 1. The zero-order valence-electron chi connectivity index (χ0n) is 7.63. The smallest absolute Gasteiger partial charge is 0.307 e. The molecule has 2 nitrogen and oxygen atoms in total. The summed E-state index contributed by atoms with van der Waals surface area (Å²) < 4.78 is 25.5. The zero-order valence-corrected chi connectivity index (χ0v) is 7.63. The van der Waals surface area contributed by atoms with E-state index in [4.69, 9.17) is 5.11 Å². The van der Waals surface area contributed by atoms with Crippen molar-refractivity contribution in [3.05, 3.63) is 35.4 Å². The first kappa shape index (κ1) is 10.6. The van der Waals surface area contributed by atoms with Crippen molar-refractivity contribution in [2.45, 2.75) is 19.3 Å². The summed E-state index contributed by atoms with van der Waals surface area (Å²) in [4.78, 5) is 10.3. The summed E-state index contributed by atoms with van der Waals surface area (Å²) in [5.74, 6) is -3.84. The van der Waals surface area contributed by atoms with Crippen LogP contribution in [-0.4, -0.2) is 11.1 Å². The monoisotopic (exact) mass is 200 g/mol. The Kier molecular flexibility index (Phi) is 2.84. The van der Waals surface area contributed by atoms with Crippen LogP contribution in [0.4, 0.5) is 8.78 Å². The number of carbonyl (C=O) groups is 1. The molecule has 1 rings (SSSR count). The van der Waals surface area contributed by atoms with Gasteiger partial charge >= 0.3 is 5.97 Å². The minimum Gasteiger partial charge on any atom is -0.481 e. The number of carboxylic acid groups (broad SMARTS) is 1. The summed E-state index contributed by atoms with van der Waals surface area (Å²) in [6, 6.07) is 5.30. The number of benzene rings is 1. The van der Waals surface area contributed by atoms with Gasteiger partial charge in [0, 0.05) is 12.5 Å². The van der Waals surface area contributed by atoms with Crippen LogP contribution in [0.25, 0.3) is 0 Å². The van der Waals surface area contributed by atoms with Crippen LogP contribution in [0.5, 0.6) is 0 Å². The van der Waals surface area contributed by atoms with Crippen LogP contribution in [0.1, 0.15) is 18.1 Å². The molecule has 0 fully saturated rings. The molecule has 4 heteroatoms. The van der Waals surface area contributed by atoms with Crippen molar-refractivity contribution in [1.29, 1.82) is 0 Å². The quantitative estimate of drug-likeness (QED) is 0.813. The average Bonchev–Trinajstić information content (AvgIpc) is 2.02. The van der Waals surface area contributed by atoms with E-state index in [-0.39, 0.29) is 12.0 Å². The Labute approximate surface area is 80.2 Å². The molecule has 0 heterocycles. The molecular formula is C10H10F2O2. The summed E-state index contributed by atoms with van der Waals surface area (Å²) in [5.41, 5.74) is 0.414. The molecule has 0 aromatic heterocycles. The van der Waals surface area contributed by atoms with E-state index in [0.717, 1.165) is 6.92 Å². The summed E-state index contributed by atoms with van der Waals surface area (Å²) in [6.45, 7) is 0.805. The number of carboxylic acids is 1. The minimum absolute atomic E-state index is 0.105. The normalized spacial score (nSPS) is 11.4. The van der Waals surface area contributed by atoms with Crippen LogP contribution < -0.4 is 0 Å². The van der Waals surface area contributed by atoms with Crippen molar-refractivity contribution < 1.29 is 18.7 Å². The number of hydrogen-bond donors (Lipinski definition) is 1. The van der Waals surface area contributed by atoms with Gasteiger partial charge in [0.1, 0.15) is 0 Å². The molecule has 0 bridgehead atoms. The van der Waals surface area contributed by atoms with Gasteiger partial charge in [0.25, 0.3) is 5.92 Å². The molecule has 1 aromatic carbocycles. The van der Waals surface area contributed by atoms with E-state index in [1.165, 1.54) is 24.3 Å². The Morgan fingerprint density at radius 1 is 1.36 bits per heavy atom. The van der Waals surface area contributed by atoms with Crippen molar-refractivity contribution in [1.82, 2.24) is 0 Å².